The van der Waals surface area contributed by atoms with Crippen LogP contribution in [0.4, 0.5) is 0 Å². The summed E-state index contributed by atoms with van der Waals surface area (Å²) < 4.78 is 11.1. The van der Waals surface area contributed by atoms with Gasteiger partial charge in [-0.15, -0.1) is 0 Å². The third-order valence-electron chi connectivity index (χ3n) is 2.22. The van der Waals surface area contributed by atoms with Crippen molar-refractivity contribution in [1.29, 1.82) is 0 Å². The van der Waals surface area contributed by atoms with Gasteiger partial charge in [0.15, 0.2) is 6.29 Å². The lowest BCUT2D eigenvalue weighted by Crippen LogP contribution is -2.22. The van der Waals surface area contributed by atoms with Crippen molar-refractivity contribution >= 4 is 15.9 Å². The Hall–Kier alpha value is -0.380. The fourth-order valence-corrected chi connectivity index (χ4v) is 1.52. The summed E-state index contributed by atoms with van der Waals surface area (Å²) in [5, 5.41) is 0. The molecule has 0 N–H and O–H groups in total. The van der Waals surface area contributed by atoms with Crippen molar-refractivity contribution in [2.75, 3.05) is 13.2 Å². The van der Waals surface area contributed by atoms with E-state index in [0.29, 0.717) is 6.61 Å². The predicted octanol–water partition coefficient (Wildman–Crippen LogP) is 3.55. The van der Waals surface area contributed by atoms with Crippen LogP contribution < -0.4 is 0 Å². The molecule has 3 heteroatoms. The molecule has 1 rings (SSSR count). The topological polar surface area (TPSA) is 18.5 Å². The van der Waals surface area contributed by atoms with E-state index in [0.717, 1.165) is 25.0 Å². The van der Waals surface area contributed by atoms with E-state index in [1.165, 1.54) is 6.42 Å². The minimum absolute atomic E-state index is 0.0324. The maximum Gasteiger partial charge on any atom is 0.158 e. The Morgan fingerprint density at radius 1 is 1.53 bits per heavy atom. The van der Waals surface area contributed by atoms with E-state index < -0.39 is 0 Å². The van der Waals surface area contributed by atoms with Crippen molar-refractivity contribution < 1.29 is 9.47 Å². The molecule has 0 amide bonds. The van der Waals surface area contributed by atoms with E-state index in [-0.39, 0.29) is 6.29 Å². The van der Waals surface area contributed by atoms with Crippen molar-refractivity contribution in [3.8, 4) is 0 Å². The molecule has 0 aliphatic carbocycles. The highest BCUT2D eigenvalue weighted by atomic mass is 79.9. The van der Waals surface area contributed by atoms with Gasteiger partial charge in [-0.2, -0.15) is 0 Å². The van der Waals surface area contributed by atoms with Gasteiger partial charge in [0.1, 0.15) is 0 Å². The van der Waals surface area contributed by atoms with Crippen molar-refractivity contribution in [1.82, 2.24) is 0 Å². The Morgan fingerprint density at radius 2 is 2.40 bits per heavy atom. The molecule has 1 saturated heterocycles. The Kier molecular flexibility index (Phi) is 6.64. The smallest absolute Gasteiger partial charge is 0.158 e. The summed E-state index contributed by atoms with van der Waals surface area (Å²) in [6, 6.07) is 0. The molecule has 0 aromatic heterocycles. The Balaban J connectivity index is 2.29. The molecule has 0 aromatic rings. The van der Waals surface area contributed by atoms with E-state index in [9.17, 15) is 0 Å². The highest BCUT2D eigenvalue weighted by Gasteiger charge is 2.13. The van der Waals surface area contributed by atoms with Gasteiger partial charge in [0.2, 0.25) is 0 Å². The lowest BCUT2D eigenvalue weighted by molar-refractivity contribution is -0.156. The van der Waals surface area contributed by atoms with Gasteiger partial charge in [0.25, 0.3) is 0 Å². The third kappa shape index (κ3) is 5.30. The molecule has 0 radical (unpaired) electrons. The Bertz CT molecular complexity index is 240. The largest absolute Gasteiger partial charge is 0.353 e. The molecule has 1 fully saturated rings. The van der Waals surface area contributed by atoms with Gasteiger partial charge in [-0.05, 0) is 29.8 Å². The quantitative estimate of drug-likeness (QED) is 0.713. The maximum absolute atomic E-state index is 5.62. The van der Waals surface area contributed by atoms with Crippen LogP contribution in [-0.4, -0.2) is 19.5 Å². The standard InChI is InChI=1S/C12H17BrO2/c1-2-11(6-5-8-13)10-15-12-7-3-4-9-14-12/h2,5-6,8,12H,1,3-4,7,9-10H2/b8-5+,11-6+. The summed E-state index contributed by atoms with van der Waals surface area (Å²) in [5.74, 6) is 0. The van der Waals surface area contributed by atoms with E-state index in [4.69, 9.17) is 9.47 Å². The van der Waals surface area contributed by atoms with Gasteiger partial charge in [-0.3, -0.25) is 0 Å². The van der Waals surface area contributed by atoms with Gasteiger partial charge in [0.05, 0.1) is 6.61 Å². The molecule has 2 nitrogen and oxygen atoms in total. The number of ether oxygens (including phenoxy) is 2. The normalized spacial score (nSPS) is 23.3. The molecule has 1 heterocycles. The Morgan fingerprint density at radius 3 is 3.00 bits per heavy atom. The first-order valence-electron chi connectivity index (χ1n) is 5.18. The zero-order chi connectivity index (χ0) is 10.9. The fourth-order valence-electron chi connectivity index (χ4n) is 1.37. The summed E-state index contributed by atoms with van der Waals surface area (Å²) in [7, 11) is 0. The number of hydrogen-bond donors (Lipinski definition) is 0. The van der Waals surface area contributed by atoms with Crippen LogP contribution in [0, 0.1) is 0 Å². The van der Waals surface area contributed by atoms with Gasteiger partial charge in [-0.1, -0.05) is 40.7 Å². The van der Waals surface area contributed by atoms with Crippen molar-refractivity contribution in [3.63, 3.8) is 0 Å². The molecule has 1 unspecified atom stereocenters. The maximum atomic E-state index is 5.62. The second-order valence-electron chi connectivity index (χ2n) is 3.37. The summed E-state index contributed by atoms with van der Waals surface area (Å²) in [5.41, 5.74) is 1.06. The second kappa shape index (κ2) is 7.85. The number of rotatable bonds is 5. The third-order valence-corrected chi connectivity index (χ3v) is 2.52. The molecule has 15 heavy (non-hydrogen) atoms. The van der Waals surface area contributed by atoms with Crippen LogP contribution in [0.15, 0.2) is 35.4 Å². The molecule has 84 valence electrons. The molecule has 1 aliphatic heterocycles. The molecule has 1 aliphatic rings. The molecule has 0 spiro atoms. The highest BCUT2D eigenvalue weighted by Crippen LogP contribution is 2.14. The average molecular weight is 273 g/mol. The fraction of sp³-hybridized carbons (Fsp3) is 0.500. The summed E-state index contributed by atoms with van der Waals surface area (Å²) >= 11 is 3.21. The monoisotopic (exact) mass is 272 g/mol. The molecule has 0 saturated carbocycles. The van der Waals surface area contributed by atoms with Crippen LogP contribution in [0.1, 0.15) is 19.3 Å². The first-order chi connectivity index (χ1) is 7.36. The van der Waals surface area contributed by atoms with E-state index in [1.807, 2.05) is 12.2 Å². The number of allylic oxidation sites excluding steroid dienone is 2. The summed E-state index contributed by atoms with van der Waals surface area (Å²) in [6.07, 6.45) is 8.98. The first kappa shape index (κ1) is 12.7. The minimum atomic E-state index is -0.0324. The molecule has 1 atom stereocenters. The van der Waals surface area contributed by atoms with Gasteiger partial charge >= 0.3 is 0 Å². The molecular weight excluding hydrogens is 256 g/mol. The van der Waals surface area contributed by atoms with Crippen molar-refractivity contribution in [3.05, 3.63) is 35.4 Å². The molecule has 0 bridgehead atoms. The SMILES string of the molecule is C=C/C(=C\C=C\Br)COC1CCCCO1. The van der Waals surface area contributed by atoms with Crippen LogP contribution in [0.2, 0.25) is 0 Å². The summed E-state index contributed by atoms with van der Waals surface area (Å²) in [4.78, 5) is 1.80. The first-order valence-corrected chi connectivity index (χ1v) is 6.10. The van der Waals surface area contributed by atoms with Crippen molar-refractivity contribution in [2.45, 2.75) is 25.6 Å². The Labute approximate surface area is 99.8 Å². The molecule has 0 aromatic carbocycles. The van der Waals surface area contributed by atoms with E-state index >= 15 is 0 Å². The molecular formula is C12H17BrO2. The lowest BCUT2D eigenvalue weighted by atomic mass is 10.2. The van der Waals surface area contributed by atoms with Crippen molar-refractivity contribution in [2.24, 2.45) is 0 Å². The van der Waals surface area contributed by atoms with Gasteiger partial charge in [0, 0.05) is 6.61 Å². The zero-order valence-corrected chi connectivity index (χ0v) is 10.4. The predicted molar refractivity (Wildman–Crippen MR) is 65.9 cm³/mol. The average Bonchev–Trinajstić information content (AvgIpc) is 2.31. The summed E-state index contributed by atoms with van der Waals surface area (Å²) in [6.45, 7) is 5.12. The highest BCUT2D eigenvalue weighted by molar-refractivity contribution is 9.11. The van der Waals surface area contributed by atoms with E-state index in [2.05, 4.69) is 22.5 Å². The zero-order valence-electron chi connectivity index (χ0n) is 8.82. The number of hydrogen-bond acceptors (Lipinski definition) is 2. The van der Waals surface area contributed by atoms with Crippen LogP contribution in [0.3, 0.4) is 0 Å². The van der Waals surface area contributed by atoms with Gasteiger partial charge < -0.3 is 9.47 Å². The lowest BCUT2D eigenvalue weighted by Gasteiger charge is -2.22. The van der Waals surface area contributed by atoms with Crippen LogP contribution in [0.25, 0.3) is 0 Å². The van der Waals surface area contributed by atoms with Crippen LogP contribution >= 0.6 is 15.9 Å². The number of halogens is 1. The minimum Gasteiger partial charge on any atom is -0.353 e. The van der Waals surface area contributed by atoms with Crippen LogP contribution in [-0.2, 0) is 9.47 Å². The van der Waals surface area contributed by atoms with E-state index in [1.54, 1.807) is 11.1 Å². The van der Waals surface area contributed by atoms with Gasteiger partial charge in [-0.25, -0.2) is 0 Å². The van der Waals surface area contributed by atoms with Crippen LogP contribution in [0.5, 0.6) is 0 Å². The second-order valence-corrected chi connectivity index (χ2v) is 3.90.